The summed E-state index contributed by atoms with van der Waals surface area (Å²) in [5, 5.41) is 2.73. The zero-order chi connectivity index (χ0) is 26.3. The molecule has 184 valence electrons. The highest BCUT2D eigenvalue weighted by Gasteiger charge is 2.37. The van der Waals surface area contributed by atoms with Gasteiger partial charge in [0.15, 0.2) is 5.11 Å². The number of imide groups is 1. The summed E-state index contributed by atoms with van der Waals surface area (Å²) in [6.07, 6.45) is 1.41. The van der Waals surface area contributed by atoms with Crippen LogP contribution in [0.4, 0.5) is 5.69 Å². The maximum atomic E-state index is 13.3. The zero-order valence-electron chi connectivity index (χ0n) is 19.4. The summed E-state index contributed by atoms with van der Waals surface area (Å²) in [6, 6.07) is 18.2. The van der Waals surface area contributed by atoms with Gasteiger partial charge in [0.2, 0.25) is 0 Å². The Hall–Kier alpha value is -4.34. The molecule has 1 fully saturated rings. The van der Waals surface area contributed by atoms with Crippen LogP contribution in [0.5, 0.6) is 5.75 Å². The Kier molecular flexibility index (Phi) is 6.32. The number of hydrogen-bond donors (Lipinski definition) is 1. The molecule has 3 aromatic carbocycles. The van der Waals surface area contributed by atoms with Crippen molar-refractivity contribution in [1.29, 1.82) is 0 Å². The van der Waals surface area contributed by atoms with Crippen LogP contribution in [-0.2, 0) is 16.1 Å². The van der Waals surface area contributed by atoms with E-state index >= 15 is 0 Å². The van der Waals surface area contributed by atoms with Crippen molar-refractivity contribution in [3.8, 4) is 5.75 Å². The average Bonchev–Trinajstić information content (AvgIpc) is 3.12. The van der Waals surface area contributed by atoms with Gasteiger partial charge in [-0.3, -0.25) is 34.3 Å². The van der Waals surface area contributed by atoms with Crippen molar-refractivity contribution in [3.05, 3.63) is 99.6 Å². The number of carbonyl (C=O) groups is 4. The van der Waals surface area contributed by atoms with E-state index in [1.54, 1.807) is 66.7 Å². The fourth-order valence-corrected chi connectivity index (χ4v) is 4.74. The van der Waals surface area contributed by atoms with E-state index < -0.39 is 23.6 Å². The maximum Gasteiger partial charge on any atom is 0.270 e. The minimum Gasteiger partial charge on any atom is -0.496 e. The van der Waals surface area contributed by atoms with Crippen molar-refractivity contribution in [3.63, 3.8) is 0 Å². The van der Waals surface area contributed by atoms with E-state index in [9.17, 15) is 19.2 Å². The second-order valence-electron chi connectivity index (χ2n) is 8.22. The molecule has 0 atom stereocenters. The number of anilines is 1. The third-order valence-corrected chi connectivity index (χ3v) is 6.62. The summed E-state index contributed by atoms with van der Waals surface area (Å²) in [5.74, 6) is -1.66. The smallest absolute Gasteiger partial charge is 0.270 e. The zero-order valence-corrected chi connectivity index (χ0v) is 20.9. The molecule has 1 N–H and O–H groups in total. The van der Waals surface area contributed by atoms with Gasteiger partial charge in [-0.15, -0.1) is 0 Å². The number of thiocarbonyl (C=S) groups is 1. The molecule has 2 heterocycles. The number of ether oxygens (including phenoxy) is 1. The molecule has 4 amide bonds. The number of halogens is 1. The van der Waals surface area contributed by atoms with Gasteiger partial charge in [-0.25, -0.2) is 0 Å². The number of fused-ring (bicyclic) bond motifs is 1. The van der Waals surface area contributed by atoms with Gasteiger partial charge >= 0.3 is 0 Å². The summed E-state index contributed by atoms with van der Waals surface area (Å²) in [7, 11) is 1.47. The highest BCUT2D eigenvalue weighted by atomic mass is 35.5. The summed E-state index contributed by atoms with van der Waals surface area (Å²) in [6.45, 7) is -0.0531. The number of nitrogens with one attached hydrogen (secondary N) is 1. The Morgan fingerprint density at radius 2 is 1.57 bits per heavy atom. The monoisotopic (exact) mass is 531 g/mol. The first-order valence-corrected chi connectivity index (χ1v) is 11.9. The number of hydrogen-bond acceptors (Lipinski definition) is 6. The molecule has 3 aromatic rings. The van der Waals surface area contributed by atoms with Crippen LogP contribution in [0.1, 0.15) is 31.8 Å². The summed E-state index contributed by atoms with van der Waals surface area (Å²) < 4.78 is 5.44. The molecule has 0 spiro atoms. The van der Waals surface area contributed by atoms with Crippen molar-refractivity contribution in [1.82, 2.24) is 10.2 Å². The number of methoxy groups -OCH3 is 1. The fourth-order valence-electron chi connectivity index (χ4n) is 4.24. The molecule has 1 saturated heterocycles. The first kappa shape index (κ1) is 24.4. The van der Waals surface area contributed by atoms with Crippen molar-refractivity contribution >= 4 is 64.3 Å². The summed E-state index contributed by atoms with van der Waals surface area (Å²) in [5.41, 5.74) is 1.86. The highest BCUT2D eigenvalue weighted by Crippen LogP contribution is 2.31. The van der Waals surface area contributed by atoms with Crippen LogP contribution in [0, 0.1) is 0 Å². The van der Waals surface area contributed by atoms with Gasteiger partial charge in [0.1, 0.15) is 11.3 Å². The van der Waals surface area contributed by atoms with E-state index in [1.807, 2.05) is 0 Å². The number of para-hydroxylation sites is 1. The summed E-state index contributed by atoms with van der Waals surface area (Å²) in [4.78, 5) is 54.0. The molecule has 8 nitrogen and oxygen atoms in total. The molecule has 37 heavy (non-hydrogen) atoms. The van der Waals surface area contributed by atoms with Crippen molar-refractivity contribution in [2.75, 3.05) is 12.0 Å². The molecule has 2 aliphatic rings. The molecular formula is C27H18ClN3O5S. The number of rotatable bonds is 5. The first-order valence-electron chi connectivity index (χ1n) is 11.1. The Morgan fingerprint density at radius 1 is 0.919 bits per heavy atom. The van der Waals surface area contributed by atoms with E-state index in [2.05, 4.69) is 5.32 Å². The van der Waals surface area contributed by atoms with Gasteiger partial charge in [-0.1, -0.05) is 41.9 Å². The van der Waals surface area contributed by atoms with Crippen molar-refractivity contribution in [2.24, 2.45) is 0 Å². The standard InChI is InChI=1S/C27H18ClN3O5S/c1-36-22-11-10-15(12-16(22)14-30-24(33)17-6-2-3-7-18(17)25(30)34)13-19-23(32)29-27(37)31(26(19)35)21-9-5-4-8-20(21)28/h2-13H,14H2,1H3,(H,29,32,37)/b19-13+. The number of carbonyl (C=O) groups excluding carboxylic acids is 4. The Morgan fingerprint density at radius 3 is 2.22 bits per heavy atom. The first-order chi connectivity index (χ1) is 17.8. The quantitative estimate of drug-likeness (QED) is 0.232. The molecule has 10 heteroatoms. The highest BCUT2D eigenvalue weighted by molar-refractivity contribution is 7.80. The molecule has 0 saturated carbocycles. The van der Waals surface area contributed by atoms with Crippen molar-refractivity contribution in [2.45, 2.75) is 6.54 Å². The van der Waals surface area contributed by atoms with Gasteiger partial charge in [0.25, 0.3) is 23.6 Å². The Bertz CT molecular complexity index is 1520. The molecule has 0 bridgehead atoms. The van der Waals surface area contributed by atoms with Crippen LogP contribution in [0.3, 0.4) is 0 Å². The number of nitrogens with zero attached hydrogens (tertiary/aromatic N) is 2. The van der Waals surface area contributed by atoms with E-state index in [0.717, 1.165) is 9.80 Å². The van der Waals surface area contributed by atoms with Crippen LogP contribution in [0.25, 0.3) is 6.08 Å². The minimum absolute atomic E-state index is 0.0531. The van der Waals surface area contributed by atoms with Gasteiger partial charge in [0.05, 0.1) is 35.5 Å². The van der Waals surface area contributed by atoms with Crippen LogP contribution in [0.15, 0.2) is 72.3 Å². The lowest BCUT2D eigenvalue weighted by Crippen LogP contribution is -2.54. The van der Waals surface area contributed by atoms with Crippen LogP contribution < -0.4 is 15.0 Å². The third kappa shape index (κ3) is 4.28. The number of amides is 4. The van der Waals surface area contributed by atoms with Gasteiger partial charge in [-0.2, -0.15) is 0 Å². The van der Waals surface area contributed by atoms with E-state index in [0.29, 0.717) is 38.7 Å². The topological polar surface area (TPSA) is 96.0 Å². The van der Waals surface area contributed by atoms with Gasteiger partial charge < -0.3 is 4.74 Å². The second-order valence-corrected chi connectivity index (χ2v) is 9.02. The van der Waals surface area contributed by atoms with Crippen molar-refractivity contribution < 1.29 is 23.9 Å². The molecule has 0 aromatic heterocycles. The van der Waals surface area contributed by atoms with Gasteiger partial charge in [0, 0.05) is 5.56 Å². The van der Waals surface area contributed by atoms with E-state index in [-0.39, 0.29) is 17.2 Å². The largest absolute Gasteiger partial charge is 0.496 e. The minimum atomic E-state index is -0.656. The Balaban J connectivity index is 1.49. The van der Waals surface area contributed by atoms with Crippen LogP contribution in [-0.4, -0.2) is 40.8 Å². The normalized spacial score (nSPS) is 16.4. The fraction of sp³-hybridized carbons (Fsp3) is 0.0741. The van der Waals surface area contributed by atoms with Crippen LogP contribution in [0.2, 0.25) is 5.02 Å². The van der Waals surface area contributed by atoms with E-state index in [1.165, 1.54) is 13.2 Å². The lowest BCUT2D eigenvalue weighted by Gasteiger charge is -2.29. The summed E-state index contributed by atoms with van der Waals surface area (Å²) >= 11 is 11.5. The Labute approximate surface area is 222 Å². The molecule has 0 aliphatic carbocycles. The lowest BCUT2D eigenvalue weighted by molar-refractivity contribution is -0.122. The third-order valence-electron chi connectivity index (χ3n) is 6.02. The molecular weight excluding hydrogens is 514 g/mol. The number of benzene rings is 3. The van der Waals surface area contributed by atoms with Crippen LogP contribution >= 0.6 is 23.8 Å². The lowest BCUT2D eigenvalue weighted by atomic mass is 10.0. The predicted molar refractivity (Wildman–Crippen MR) is 141 cm³/mol. The second kappa shape index (κ2) is 9.61. The average molecular weight is 532 g/mol. The van der Waals surface area contributed by atoms with E-state index in [4.69, 9.17) is 28.6 Å². The molecule has 0 unspecified atom stereocenters. The maximum absolute atomic E-state index is 13.3. The molecule has 0 radical (unpaired) electrons. The molecule has 5 rings (SSSR count). The predicted octanol–water partition coefficient (Wildman–Crippen LogP) is 3.98. The van der Waals surface area contributed by atoms with Gasteiger partial charge in [-0.05, 0) is 60.3 Å². The SMILES string of the molecule is COc1ccc(/C=C2\C(=O)NC(=S)N(c3ccccc3Cl)C2=O)cc1CN1C(=O)c2ccccc2C1=O. The molecule has 2 aliphatic heterocycles.